The van der Waals surface area contributed by atoms with Crippen LogP contribution in [-0.2, 0) is 6.54 Å². The summed E-state index contributed by atoms with van der Waals surface area (Å²) in [6.45, 7) is 4.74. The molecule has 4 aromatic rings. The highest BCUT2D eigenvalue weighted by Gasteiger charge is 2.14. The Labute approximate surface area is 159 Å². The molecule has 0 saturated heterocycles. The Bertz CT molecular complexity index is 1150. The average Bonchev–Trinajstić information content (AvgIpc) is 3.22. The van der Waals surface area contributed by atoms with Crippen molar-refractivity contribution in [3.05, 3.63) is 51.7 Å². The van der Waals surface area contributed by atoms with Crippen LogP contribution in [0.2, 0.25) is 5.15 Å². The summed E-state index contributed by atoms with van der Waals surface area (Å²) >= 11 is 7.80. The summed E-state index contributed by atoms with van der Waals surface area (Å²) in [5, 5.41) is 18.1. The maximum absolute atomic E-state index is 9.01. The van der Waals surface area contributed by atoms with Crippen molar-refractivity contribution in [1.82, 2.24) is 19.6 Å². The first-order valence-electron chi connectivity index (χ1n) is 8.13. The lowest BCUT2D eigenvalue weighted by atomic mass is 10.1. The second-order valence-corrected chi connectivity index (χ2v) is 7.71. The minimum atomic E-state index is 0.310. The Morgan fingerprint density at radius 3 is 2.92 bits per heavy atom. The predicted octanol–water partition coefficient (Wildman–Crippen LogP) is 4.60. The van der Waals surface area contributed by atoms with Crippen LogP contribution in [-0.4, -0.2) is 19.6 Å². The Morgan fingerprint density at radius 2 is 2.15 bits per heavy atom. The van der Waals surface area contributed by atoms with Crippen LogP contribution < -0.4 is 5.32 Å². The molecular formula is C18H15ClN6S. The monoisotopic (exact) mass is 382 g/mol. The van der Waals surface area contributed by atoms with E-state index in [-0.39, 0.29) is 0 Å². The van der Waals surface area contributed by atoms with Crippen molar-refractivity contribution in [3.63, 3.8) is 0 Å². The molecule has 0 saturated carbocycles. The van der Waals surface area contributed by atoms with Gasteiger partial charge in [0.15, 0.2) is 5.65 Å². The van der Waals surface area contributed by atoms with Crippen LogP contribution in [0.15, 0.2) is 30.5 Å². The van der Waals surface area contributed by atoms with Gasteiger partial charge in [0.25, 0.3) is 0 Å². The molecule has 1 aromatic carbocycles. The molecule has 3 heterocycles. The lowest BCUT2D eigenvalue weighted by molar-refractivity contribution is 0.871. The Morgan fingerprint density at radius 1 is 1.31 bits per heavy atom. The molecule has 8 heteroatoms. The minimum absolute atomic E-state index is 0.310. The molecule has 0 aliphatic rings. The number of aromatic nitrogens is 4. The molecule has 130 valence electrons. The van der Waals surface area contributed by atoms with E-state index in [2.05, 4.69) is 40.3 Å². The summed E-state index contributed by atoms with van der Waals surface area (Å²) in [5.41, 5.74) is 3.27. The number of nitrogens with zero attached hydrogens (tertiary/aromatic N) is 5. The summed E-state index contributed by atoms with van der Waals surface area (Å²) in [5.74, 6) is 1.08. The molecule has 0 aliphatic carbocycles. The summed E-state index contributed by atoms with van der Waals surface area (Å²) < 4.78 is 2.82. The topological polar surface area (TPSA) is 78.9 Å². The highest BCUT2D eigenvalue weighted by Crippen LogP contribution is 2.26. The van der Waals surface area contributed by atoms with Crippen LogP contribution >= 0.6 is 22.9 Å². The standard InChI is InChI=1S/C18H15ClN6S/c1-10(2)12-8-22-25-16(6-15(19)24-18(12)25)21-9-17-23-13-5-11(7-20)3-4-14(13)26-17/h3-6,8,10,21H,9H2,1-2H3. The first kappa shape index (κ1) is 16.8. The number of nitriles is 1. The number of anilines is 1. The molecule has 0 unspecified atom stereocenters. The number of nitrogens with one attached hydrogen (secondary N) is 1. The van der Waals surface area contributed by atoms with E-state index in [0.717, 1.165) is 32.3 Å². The maximum atomic E-state index is 9.01. The zero-order valence-electron chi connectivity index (χ0n) is 14.2. The normalized spacial score (nSPS) is 11.3. The average molecular weight is 383 g/mol. The van der Waals surface area contributed by atoms with Crippen LogP contribution in [0.1, 0.15) is 35.9 Å². The summed E-state index contributed by atoms with van der Waals surface area (Å²) in [6.07, 6.45) is 1.83. The largest absolute Gasteiger partial charge is 0.363 e. The van der Waals surface area contributed by atoms with Gasteiger partial charge in [0, 0.05) is 11.6 Å². The predicted molar refractivity (Wildman–Crippen MR) is 104 cm³/mol. The summed E-state index contributed by atoms with van der Waals surface area (Å²) in [7, 11) is 0. The van der Waals surface area contributed by atoms with Crippen molar-refractivity contribution in [2.24, 2.45) is 0 Å². The van der Waals surface area contributed by atoms with Crippen LogP contribution in [0.25, 0.3) is 15.9 Å². The quantitative estimate of drug-likeness (QED) is 0.522. The molecule has 0 radical (unpaired) electrons. The van der Waals surface area contributed by atoms with Crippen molar-refractivity contribution >= 4 is 44.6 Å². The van der Waals surface area contributed by atoms with Gasteiger partial charge in [-0.3, -0.25) is 0 Å². The molecule has 4 rings (SSSR count). The molecule has 0 bridgehead atoms. The van der Waals surface area contributed by atoms with E-state index >= 15 is 0 Å². The van der Waals surface area contributed by atoms with E-state index in [4.69, 9.17) is 16.9 Å². The van der Waals surface area contributed by atoms with E-state index in [1.54, 1.807) is 34.1 Å². The van der Waals surface area contributed by atoms with E-state index < -0.39 is 0 Å². The number of benzene rings is 1. The highest BCUT2D eigenvalue weighted by molar-refractivity contribution is 7.18. The van der Waals surface area contributed by atoms with Crippen molar-refractivity contribution in [1.29, 1.82) is 5.26 Å². The van der Waals surface area contributed by atoms with Crippen molar-refractivity contribution in [2.45, 2.75) is 26.3 Å². The molecule has 1 N–H and O–H groups in total. The van der Waals surface area contributed by atoms with Gasteiger partial charge in [-0.2, -0.15) is 14.9 Å². The third-order valence-corrected chi connectivity index (χ3v) is 5.30. The lowest BCUT2D eigenvalue weighted by Gasteiger charge is -2.08. The fourth-order valence-corrected chi connectivity index (χ4v) is 3.84. The Hall–Kier alpha value is -2.69. The zero-order chi connectivity index (χ0) is 18.3. The van der Waals surface area contributed by atoms with Crippen LogP contribution in [0.4, 0.5) is 5.82 Å². The van der Waals surface area contributed by atoms with Crippen molar-refractivity contribution < 1.29 is 0 Å². The number of hydrogen-bond donors (Lipinski definition) is 1. The van der Waals surface area contributed by atoms with Gasteiger partial charge >= 0.3 is 0 Å². The molecule has 3 aromatic heterocycles. The van der Waals surface area contributed by atoms with E-state index in [1.807, 2.05) is 12.3 Å². The number of hydrogen-bond acceptors (Lipinski definition) is 6. The zero-order valence-corrected chi connectivity index (χ0v) is 15.8. The second kappa shape index (κ2) is 6.56. The van der Waals surface area contributed by atoms with Crippen LogP contribution in [0.5, 0.6) is 0 Å². The van der Waals surface area contributed by atoms with Crippen molar-refractivity contribution in [3.8, 4) is 6.07 Å². The summed E-state index contributed by atoms with van der Waals surface area (Å²) in [4.78, 5) is 9.01. The minimum Gasteiger partial charge on any atom is -0.363 e. The lowest BCUT2D eigenvalue weighted by Crippen LogP contribution is -2.06. The van der Waals surface area contributed by atoms with Crippen LogP contribution in [0.3, 0.4) is 0 Å². The molecule has 0 fully saturated rings. The van der Waals surface area contributed by atoms with Gasteiger partial charge in [-0.05, 0) is 24.1 Å². The van der Waals surface area contributed by atoms with E-state index in [0.29, 0.717) is 23.2 Å². The van der Waals surface area contributed by atoms with Gasteiger partial charge in [-0.25, -0.2) is 9.97 Å². The molecule has 0 spiro atoms. The molecule has 0 atom stereocenters. The van der Waals surface area contributed by atoms with Gasteiger partial charge in [0.05, 0.1) is 34.6 Å². The maximum Gasteiger partial charge on any atom is 0.162 e. The van der Waals surface area contributed by atoms with E-state index in [9.17, 15) is 0 Å². The first-order chi connectivity index (χ1) is 12.5. The molecular weight excluding hydrogens is 368 g/mol. The van der Waals surface area contributed by atoms with Crippen LogP contribution in [0, 0.1) is 11.3 Å². The molecule has 0 aliphatic heterocycles. The Kier molecular flexibility index (Phi) is 4.23. The first-order valence-corrected chi connectivity index (χ1v) is 9.32. The van der Waals surface area contributed by atoms with Gasteiger partial charge < -0.3 is 5.32 Å². The van der Waals surface area contributed by atoms with Gasteiger partial charge in [-0.1, -0.05) is 25.4 Å². The smallest absolute Gasteiger partial charge is 0.162 e. The number of rotatable bonds is 4. The van der Waals surface area contributed by atoms with Gasteiger partial charge in [-0.15, -0.1) is 11.3 Å². The van der Waals surface area contributed by atoms with Crippen molar-refractivity contribution in [2.75, 3.05) is 5.32 Å². The third kappa shape index (κ3) is 2.98. The number of halogens is 1. The fraction of sp³-hybridized carbons (Fsp3) is 0.222. The molecule has 26 heavy (non-hydrogen) atoms. The summed E-state index contributed by atoms with van der Waals surface area (Å²) in [6, 6.07) is 9.44. The Balaban J connectivity index is 1.65. The molecule has 0 amide bonds. The number of fused-ring (bicyclic) bond motifs is 2. The fourth-order valence-electron chi connectivity index (χ4n) is 2.77. The molecule has 6 nitrogen and oxygen atoms in total. The second-order valence-electron chi connectivity index (χ2n) is 6.21. The number of thiazole rings is 1. The highest BCUT2D eigenvalue weighted by atomic mass is 35.5. The van der Waals surface area contributed by atoms with E-state index in [1.165, 1.54) is 0 Å². The third-order valence-electron chi connectivity index (χ3n) is 4.07. The van der Waals surface area contributed by atoms with Gasteiger partial charge in [0.1, 0.15) is 16.0 Å². The SMILES string of the molecule is CC(C)c1cnn2c(NCc3nc4cc(C#N)ccc4s3)cc(Cl)nc12. The van der Waals surface area contributed by atoms with Gasteiger partial charge in [0.2, 0.25) is 0 Å².